The Kier molecular flexibility index (Phi) is 2.38. The number of rotatable bonds is 0. The minimum Gasteiger partial charge on any atom is -0.455 e. The summed E-state index contributed by atoms with van der Waals surface area (Å²) in [7, 11) is 0. The number of hydrogen-bond donors (Lipinski definition) is 0. The predicted octanol–water partition coefficient (Wildman–Crippen LogP) is 6.16. The molecule has 0 fully saturated rings. The van der Waals surface area contributed by atoms with Gasteiger partial charge in [-0.1, -0.05) is 57.9 Å². The lowest BCUT2D eigenvalue weighted by molar-refractivity contribution is 0.672. The monoisotopic (exact) mass is 330 g/mol. The fraction of sp³-hybridized carbons (Fsp3) is 0. The fourth-order valence-corrected chi connectivity index (χ4v) is 3.57. The highest BCUT2D eigenvalue weighted by molar-refractivity contribution is 9.10. The maximum Gasteiger partial charge on any atom is 0.143 e. The molecule has 0 N–H and O–H groups in total. The van der Waals surface area contributed by atoms with Gasteiger partial charge in [0.1, 0.15) is 11.2 Å². The molecule has 1 heterocycles. The van der Waals surface area contributed by atoms with E-state index in [0.717, 1.165) is 42.2 Å². The van der Waals surface area contributed by atoms with Gasteiger partial charge in [-0.05, 0) is 18.2 Å². The van der Waals surface area contributed by atoms with Gasteiger partial charge in [-0.3, -0.25) is 0 Å². The van der Waals surface area contributed by atoms with Crippen molar-refractivity contribution < 1.29 is 4.42 Å². The summed E-state index contributed by atoms with van der Waals surface area (Å²) < 4.78 is 6.98. The zero-order valence-electron chi connectivity index (χ0n) is 9.78. The molecule has 0 unspecified atom stereocenters. The van der Waals surface area contributed by atoms with Gasteiger partial charge in [0, 0.05) is 26.0 Å². The highest BCUT2D eigenvalue weighted by atomic mass is 79.9. The third-order valence-corrected chi connectivity index (χ3v) is 4.36. The number of para-hydroxylation sites is 1. The predicted molar refractivity (Wildman–Crippen MR) is 83.9 cm³/mol. The molecule has 3 aromatic carbocycles. The van der Waals surface area contributed by atoms with Crippen molar-refractivity contribution in [2.45, 2.75) is 0 Å². The molecule has 0 aliphatic rings. The molecule has 0 bridgehead atoms. The molecule has 3 heteroatoms. The Morgan fingerprint density at radius 2 is 1.68 bits per heavy atom. The quantitative estimate of drug-likeness (QED) is 0.376. The smallest absolute Gasteiger partial charge is 0.143 e. The van der Waals surface area contributed by atoms with Crippen molar-refractivity contribution in [3.8, 4) is 0 Å². The first-order valence-electron chi connectivity index (χ1n) is 5.93. The van der Waals surface area contributed by atoms with Crippen LogP contribution in [0.5, 0.6) is 0 Å². The second kappa shape index (κ2) is 3.99. The molecular formula is C16H8BrClO. The summed E-state index contributed by atoms with van der Waals surface area (Å²) in [6.07, 6.45) is 0. The van der Waals surface area contributed by atoms with Gasteiger partial charge in [-0.15, -0.1) is 0 Å². The standard InChI is InChI=1S/C16H8BrClO/c17-12-6-3-5-10-15(12)13(18)8-11-9-4-1-2-7-14(9)19-16(10)11/h1-8H. The topological polar surface area (TPSA) is 13.1 Å². The number of hydrogen-bond acceptors (Lipinski definition) is 1. The van der Waals surface area contributed by atoms with Gasteiger partial charge in [0.25, 0.3) is 0 Å². The highest BCUT2D eigenvalue weighted by Gasteiger charge is 2.13. The number of furan rings is 1. The molecular weight excluding hydrogens is 324 g/mol. The molecule has 0 aliphatic carbocycles. The maximum atomic E-state index is 6.43. The van der Waals surface area contributed by atoms with E-state index in [1.807, 2.05) is 42.5 Å². The van der Waals surface area contributed by atoms with Crippen LogP contribution in [0.2, 0.25) is 5.02 Å². The average Bonchev–Trinajstić information content (AvgIpc) is 2.78. The molecule has 4 rings (SSSR count). The first-order chi connectivity index (χ1) is 9.25. The van der Waals surface area contributed by atoms with E-state index in [2.05, 4.69) is 22.0 Å². The van der Waals surface area contributed by atoms with Crippen LogP contribution in [0.15, 0.2) is 57.4 Å². The molecule has 4 aromatic rings. The van der Waals surface area contributed by atoms with Gasteiger partial charge < -0.3 is 4.42 Å². The Hall–Kier alpha value is -1.51. The molecule has 0 spiro atoms. The van der Waals surface area contributed by atoms with Gasteiger partial charge in [-0.2, -0.15) is 0 Å². The lowest BCUT2D eigenvalue weighted by Crippen LogP contribution is -1.78. The SMILES string of the molecule is Clc1cc2c3ccccc3oc2c2cccc(Br)c12. The molecule has 0 amide bonds. The summed E-state index contributed by atoms with van der Waals surface area (Å²) in [5.41, 5.74) is 1.78. The molecule has 0 saturated heterocycles. The molecule has 0 saturated carbocycles. The largest absolute Gasteiger partial charge is 0.455 e. The van der Waals surface area contributed by atoms with E-state index in [4.69, 9.17) is 16.0 Å². The van der Waals surface area contributed by atoms with Crippen molar-refractivity contribution in [3.05, 3.63) is 58.0 Å². The Morgan fingerprint density at radius 1 is 0.895 bits per heavy atom. The second-order valence-electron chi connectivity index (χ2n) is 4.50. The average molecular weight is 332 g/mol. The molecule has 1 aromatic heterocycles. The summed E-state index contributed by atoms with van der Waals surface area (Å²) >= 11 is 9.98. The minimum atomic E-state index is 0.738. The van der Waals surface area contributed by atoms with Crippen LogP contribution in [0, 0.1) is 0 Å². The van der Waals surface area contributed by atoms with Gasteiger partial charge in [0.2, 0.25) is 0 Å². The van der Waals surface area contributed by atoms with Crippen molar-refractivity contribution >= 4 is 60.2 Å². The third-order valence-electron chi connectivity index (χ3n) is 3.40. The lowest BCUT2D eigenvalue weighted by atomic mass is 10.1. The van der Waals surface area contributed by atoms with Crippen LogP contribution in [-0.2, 0) is 0 Å². The maximum absolute atomic E-state index is 6.43. The first kappa shape index (κ1) is 11.3. The van der Waals surface area contributed by atoms with Crippen molar-refractivity contribution in [2.24, 2.45) is 0 Å². The summed E-state index contributed by atoms with van der Waals surface area (Å²) in [6.45, 7) is 0. The van der Waals surface area contributed by atoms with E-state index in [9.17, 15) is 0 Å². The lowest BCUT2D eigenvalue weighted by Gasteiger charge is -2.03. The summed E-state index contributed by atoms with van der Waals surface area (Å²) in [4.78, 5) is 0. The van der Waals surface area contributed by atoms with Gasteiger partial charge in [0.15, 0.2) is 0 Å². The Labute approximate surface area is 122 Å². The van der Waals surface area contributed by atoms with Crippen LogP contribution >= 0.6 is 27.5 Å². The van der Waals surface area contributed by atoms with E-state index in [-0.39, 0.29) is 0 Å². The Morgan fingerprint density at radius 3 is 2.58 bits per heavy atom. The van der Waals surface area contributed by atoms with Crippen molar-refractivity contribution in [1.29, 1.82) is 0 Å². The minimum absolute atomic E-state index is 0.738. The van der Waals surface area contributed by atoms with E-state index < -0.39 is 0 Å². The van der Waals surface area contributed by atoms with Crippen LogP contribution in [0.4, 0.5) is 0 Å². The van der Waals surface area contributed by atoms with Crippen molar-refractivity contribution in [2.75, 3.05) is 0 Å². The highest BCUT2D eigenvalue weighted by Crippen LogP contribution is 2.40. The van der Waals surface area contributed by atoms with Gasteiger partial charge in [-0.25, -0.2) is 0 Å². The number of fused-ring (bicyclic) bond motifs is 5. The normalized spacial score (nSPS) is 11.7. The van der Waals surface area contributed by atoms with Crippen LogP contribution in [0.1, 0.15) is 0 Å². The summed E-state index contributed by atoms with van der Waals surface area (Å²) in [5, 5.41) is 4.93. The van der Waals surface area contributed by atoms with Gasteiger partial charge >= 0.3 is 0 Å². The molecule has 19 heavy (non-hydrogen) atoms. The van der Waals surface area contributed by atoms with E-state index in [1.165, 1.54) is 0 Å². The summed E-state index contributed by atoms with van der Waals surface area (Å²) in [6, 6.07) is 16.0. The number of benzene rings is 3. The summed E-state index contributed by atoms with van der Waals surface area (Å²) in [5.74, 6) is 0. The molecule has 0 radical (unpaired) electrons. The van der Waals surface area contributed by atoms with Crippen molar-refractivity contribution in [1.82, 2.24) is 0 Å². The Balaban J connectivity index is 2.36. The van der Waals surface area contributed by atoms with Crippen molar-refractivity contribution in [3.63, 3.8) is 0 Å². The fourth-order valence-electron chi connectivity index (χ4n) is 2.56. The van der Waals surface area contributed by atoms with Gasteiger partial charge in [0.05, 0.1) is 5.02 Å². The first-order valence-corrected chi connectivity index (χ1v) is 7.11. The molecule has 92 valence electrons. The second-order valence-corrected chi connectivity index (χ2v) is 5.76. The number of halogens is 2. The van der Waals surface area contributed by atoms with E-state index in [1.54, 1.807) is 0 Å². The third kappa shape index (κ3) is 1.54. The van der Waals surface area contributed by atoms with Crippen LogP contribution < -0.4 is 0 Å². The van der Waals surface area contributed by atoms with Crippen LogP contribution in [0.25, 0.3) is 32.7 Å². The molecule has 1 nitrogen and oxygen atoms in total. The Bertz CT molecular complexity index is 940. The van der Waals surface area contributed by atoms with E-state index in [0.29, 0.717) is 0 Å². The van der Waals surface area contributed by atoms with Crippen LogP contribution in [0.3, 0.4) is 0 Å². The molecule has 0 aliphatic heterocycles. The molecule has 0 atom stereocenters. The zero-order chi connectivity index (χ0) is 13.0. The van der Waals surface area contributed by atoms with Crippen LogP contribution in [-0.4, -0.2) is 0 Å². The van der Waals surface area contributed by atoms with E-state index >= 15 is 0 Å². The zero-order valence-corrected chi connectivity index (χ0v) is 12.1.